The molecule has 1 fully saturated rings. The molecule has 3 aromatic rings. The predicted octanol–water partition coefficient (Wildman–Crippen LogP) is -0.184. The Morgan fingerprint density at radius 1 is 1.24 bits per heavy atom. The number of imidazole rings is 1. The second-order valence-corrected chi connectivity index (χ2v) is 6.98. The third-order valence-corrected chi connectivity index (χ3v) is 5.42. The molecule has 1 aliphatic heterocycles. The van der Waals surface area contributed by atoms with Crippen LogP contribution >= 0.6 is 0 Å². The van der Waals surface area contributed by atoms with Gasteiger partial charge in [0.15, 0.2) is 17.2 Å². The first kappa shape index (κ1) is 19.5. The van der Waals surface area contributed by atoms with Crippen molar-refractivity contribution in [2.45, 2.75) is 36.9 Å². The Bertz CT molecular complexity index is 1010. The average Bonchev–Trinajstić information content (AvgIpc) is 3.29. The van der Waals surface area contributed by atoms with Crippen molar-refractivity contribution in [1.29, 1.82) is 0 Å². The molecule has 0 bridgehead atoms. The molecular weight excluding hydrogens is 378 g/mol. The molecule has 4 atom stereocenters. The van der Waals surface area contributed by atoms with Gasteiger partial charge >= 0.3 is 0 Å². The zero-order valence-corrected chi connectivity index (χ0v) is 15.8. The van der Waals surface area contributed by atoms with E-state index < -0.39 is 30.6 Å². The molecule has 2 aromatic heterocycles. The van der Waals surface area contributed by atoms with E-state index in [0.717, 1.165) is 5.56 Å². The Labute approximate surface area is 166 Å². The maximum Gasteiger partial charge on any atom is 0.176 e. The van der Waals surface area contributed by atoms with E-state index in [1.54, 1.807) is 11.7 Å². The normalized spacial score (nSPS) is 26.8. The van der Waals surface area contributed by atoms with Gasteiger partial charge in [-0.1, -0.05) is 18.2 Å². The van der Waals surface area contributed by atoms with Gasteiger partial charge in [0.05, 0.1) is 20.0 Å². The van der Waals surface area contributed by atoms with Crippen molar-refractivity contribution in [3.63, 3.8) is 0 Å². The van der Waals surface area contributed by atoms with Crippen LogP contribution in [0.15, 0.2) is 36.9 Å². The first-order valence-corrected chi connectivity index (χ1v) is 9.22. The predicted molar refractivity (Wildman–Crippen MR) is 103 cm³/mol. The summed E-state index contributed by atoms with van der Waals surface area (Å²) in [4.78, 5) is 12.4. The zero-order chi connectivity index (χ0) is 20.6. The lowest BCUT2D eigenvalue weighted by atomic mass is 9.94. The molecule has 5 N–H and O–H groups in total. The molecule has 0 spiro atoms. The van der Waals surface area contributed by atoms with Gasteiger partial charge in [-0.25, -0.2) is 15.0 Å². The van der Waals surface area contributed by atoms with Crippen LogP contribution in [0, 0.1) is 0 Å². The van der Waals surface area contributed by atoms with Gasteiger partial charge in [-0.3, -0.25) is 4.57 Å². The molecule has 154 valence electrons. The van der Waals surface area contributed by atoms with Crippen molar-refractivity contribution < 1.29 is 24.8 Å². The second kappa shape index (κ2) is 7.56. The number of hydrogen-bond acceptors (Lipinski definition) is 9. The number of fused-ring (bicyclic) bond motifs is 1. The third-order valence-electron chi connectivity index (χ3n) is 5.42. The highest BCUT2D eigenvalue weighted by atomic mass is 16.6. The van der Waals surface area contributed by atoms with Crippen LogP contribution in [-0.2, 0) is 16.9 Å². The summed E-state index contributed by atoms with van der Waals surface area (Å²) >= 11 is 0. The van der Waals surface area contributed by atoms with Gasteiger partial charge in [0.1, 0.15) is 35.9 Å². The molecule has 10 heteroatoms. The molecule has 0 amide bonds. The molecule has 1 saturated heterocycles. The van der Waals surface area contributed by atoms with Gasteiger partial charge in [-0.15, -0.1) is 0 Å². The van der Waals surface area contributed by atoms with E-state index >= 15 is 0 Å². The molecule has 3 heterocycles. The van der Waals surface area contributed by atoms with E-state index in [1.165, 1.54) is 12.7 Å². The van der Waals surface area contributed by atoms with Crippen molar-refractivity contribution in [3.05, 3.63) is 42.5 Å². The molecule has 4 rings (SSSR count). The summed E-state index contributed by atoms with van der Waals surface area (Å²) < 4.78 is 13.0. The van der Waals surface area contributed by atoms with Gasteiger partial charge < -0.3 is 30.5 Å². The van der Waals surface area contributed by atoms with Crippen molar-refractivity contribution in [1.82, 2.24) is 19.5 Å². The van der Waals surface area contributed by atoms with Crippen LogP contribution in [0.1, 0.15) is 12.0 Å². The number of nitrogens with zero attached hydrogens (tertiary/aromatic N) is 4. The van der Waals surface area contributed by atoms with Crippen molar-refractivity contribution in [2.75, 3.05) is 19.5 Å². The van der Waals surface area contributed by atoms with E-state index in [4.69, 9.17) is 15.2 Å². The first-order valence-electron chi connectivity index (χ1n) is 9.22. The highest BCUT2D eigenvalue weighted by Gasteiger charge is 2.55. The Hall–Kier alpha value is -2.79. The Morgan fingerprint density at radius 3 is 2.76 bits per heavy atom. The van der Waals surface area contributed by atoms with Gasteiger partial charge in [-0.2, -0.15) is 0 Å². The molecule has 0 saturated carbocycles. The molecule has 0 aliphatic carbocycles. The summed E-state index contributed by atoms with van der Waals surface area (Å²) in [5.74, 6) is 0.900. The number of nitrogens with two attached hydrogens (primary N) is 1. The maximum absolute atomic E-state index is 11.0. The second-order valence-electron chi connectivity index (χ2n) is 6.98. The number of nitrogen functional groups attached to an aromatic ring is 1. The van der Waals surface area contributed by atoms with Crippen molar-refractivity contribution in [3.8, 4) is 5.75 Å². The molecular formula is C19H23N5O5. The first-order chi connectivity index (χ1) is 14.0. The molecule has 0 unspecified atom stereocenters. The number of ether oxygens (including phenoxy) is 2. The fraction of sp³-hybridized carbons (Fsp3) is 0.421. The van der Waals surface area contributed by atoms with Crippen LogP contribution < -0.4 is 10.5 Å². The van der Waals surface area contributed by atoms with Crippen molar-refractivity contribution in [2.24, 2.45) is 0 Å². The Morgan fingerprint density at radius 2 is 2.03 bits per heavy atom. The number of aromatic nitrogens is 4. The van der Waals surface area contributed by atoms with Crippen molar-refractivity contribution >= 4 is 17.0 Å². The molecule has 0 radical (unpaired) electrons. The summed E-state index contributed by atoms with van der Waals surface area (Å²) in [5, 5.41) is 31.1. The van der Waals surface area contributed by atoms with E-state index in [-0.39, 0.29) is 12.2 Å². The number of benzene rings is 1. The summed E-state index contributed by atoms with van der Waals surface area (Å²) in [6.07, 6.45) is -0.0981. The van der Waals surface area contributed by atoms with Crippen LogP contribution in [0.2, 0.25) is 0 Å². The standard InChI is InChI=1S/C19H23N5O5/c1-28-12-5-3-2-4-11(12)6-7-19(16(27)15(26)13(8-25)29-19)24-10-23-14-17(20)21-9-22-18(14)24/h2-5,9-10,13,15-16,25-27H,6-8H2,1H3,(H2,20,21,22)/t13-,15-,16-,19-/m1/s1. The summed E-state index contributed by atoms with van der Waals surface area (Å²) in [7, 11) is 1.59. The lowest BCUT2D eigenvalue weighted by molar-refractivity contribution is -0.150. The number of hydrogen-bond donors (Lipinski definition) is 4. The lowest BCUT2D eigenvalue weighted by Crippen LogP contribution is -2.46. The summed E-state index contributed by atoms with van der Waals surface area (Å²) in [5.41, 5.74) is 6.11. The van der Waals surface area contributed by atoms with Crippen LogP contribution in [0.4, 0.5) is 5.82 Å². The SMILES string of the molecule is COc1ccccc1CC[C@@]1(n2cnc3c(N)ncnc32)O[C@H](CO)[C@@H](O)[C@H]1O. The minimum atomic E-state index is -1.41. The number of methoxy groups -OCH3 is 1. The van der Waals surface area contributed by atoms with Crippen LogP contribution in [0.25, 0.3) is 11.2 Å². The smallest absolute Gasteiger partial charge is 0.176 e. The monoisotopic (exact) mass is 401 g/mol. The fourth-order valence-electron chi connectivity index (χ4n) is 3.90. The lowest BCUT2D eigenvalue weighted by Gasteiger charge is -2.34. The van der Waals surface area contributed by atoms with E-state index in [0.29, 0.717) is 23.3 Å². The number of aliphatic hydroxyl groups is 3. The average molecular weight is 401 g/mol. The maximum atomic E-state index is 11.0. The molecule has 1 aliphatic rings. The summed E-state index contributed by atoms with van der Waals surface area (Å²) in [6, 6.07) is 7.52. The number of para-hydroxylation sites is 1. The number of anilines is 1. The number of rotatable bonds is 6. The number of aliphatic hydroxyl groups excluding tert-OH is 3. The third kappa shape index (κ3) is 3.10. The fourth-order valence-corrected chi connectivity index (χ4v) is 3.90. The quantitative estimate of drug-likeness (QED) is 0.441. The number of aryl methyl sites for hydroxylation is 1. The van der Waals surface area contributed by atoms with Crippen LogP contribution in [0.3, 0.4) is 0 Å². The van der Waals surface area contributed by atoms with Crippen LogP contribution in [-0.4, -0.2) is 66.9 Å². The topological polar surface area (TPSA) is 149 Å². The van der Waals surface area contributed by atoms with Gasteiger partial charge in [0.2, 0.25) is 0 Å². The Kier molecular flexibility index (Phi) is 5.09. The largest absolute Gasteiger partial charge is 0.496 e. The van der Waals surface area contributed by atoms with E-state index in [9.17, 15) is 15.3 Å². The molecule has 29 heavy (non-hydrogen) atoms. The highest BCUT2D eigenvalue weighted by molar-refractivity contribution is 5.81. The minimum absolute atomic E-state index is 0.195. The van der Waals surface area contributed by atoms with Gasteiger partial charge in [0.25, 0.3) is 0 Å². The zero-order valence-electron chi connectivity index (χ0n) is 15.8. The summed E-state index contributed by atoms with van der Waals surface area (Å²) in [6.45, 7) is -0.446. The van der Waals surface area contributed by atoms with Gasteiger partial charge in [-0.05, 0) is 18.1 Å². The van der Waals surface area contributed by atoms with Gasteiger partial charge in [0, 0.05) is 6.42 Å². The molecule has 10 nitrogen and oxygen atoms in total. The highest BCUT2D eigenvalue weighted by Crippen LogP contribution is 2.41. The minimum Gasteiger partial charge on any atom is -0.496 e. The molecule has 1 aromatic carbocycles. The van der Waals surface area contributed by atoms with E-state index in [1.807, 2.05) is 24.3 Å². The van der Waals surface area contributed by atoms with Crippen LogP contribution in [0.5, 0.6) is 5.75 Å². The van der Waals surface area contributed by atoms with E-state index in [2.05, 4.69) is 15.0 Å². The Balaban J connectivity index is 1.79.